The van der Waals surface area contributed by atoms with Crippen LogP contribution in [0.1, 0.15) is 75.0 Å². The van der Waals surface area contributed by atoms with E-state index in [-0.39, 0.29) is 30.3 Å². The van der Waals surface area contributed by atoms with E-state index in [0.717, 1.165) is 28.7 Å². The van der Waals surface area contributed by atoms with E-state index >= 15 is 0 Å². The number of nitrogens with zero attached hydrogens (tertiary/aromatic N) is 5. The van der Waals surface area contributed by atoms with Crippen LogP contribution in [0.4, 0.5) is 0 Å². The maximum absolute atomic E-state index is 13.1. The molecule has 2 aromatic carbocycles. The highest BCUT2D eigenvalue weighted by Gasteiger charge is 2.45. The normalized spacial score (nSPS) is 17.4. The lowest BCUT2D eigenvalue weighted by molar-refractivity contribution is -0.130. The van der Waals surface area contributed by atoms with Crippen LogP contribution in [0.25, 0.3) is 0 Å². The molecule has 5 rings (SSSR count). The fraction of sp³-hybridized carbons (Fsp3) is 0.455. The van der Waals surface area contributed by atoms with Gasteiger partial charge in [0.2, 0.25) is 5.91 Å². The van der Waals surface area contributed by atoms with Crippen molar-refractivity contribution in [2.45, 2.75) is 56.5 Å². The molecular weight excluding hydrogens is 572 g/mol. The number of hydrogen-bond donors (Lipinski definition) is 3. The molecule has 3 amide bonds. The molecule has 3 N–H and O–H groups in total. The largest absolute Gasteiger partial charge is 0.345 e. The zero-order valence-electron chi connectivity index (χ0n) is 26.4. The molecule has 0 radical (unpaired) electrons. The molecule has 12 heteroatoms. The van der Waals surface area contributed by atoms with E-state index in [1.165, 1.54) is 9.80 Å². The summed E-state index contributed by atoms with van der Waals surface area (Å²) in [7, 11) is 6.84. The lowest BCUT2D eigenvalue weighted by Gasteiger charge is -2.37. The summed E-state index contributed by atoms with van der Waals surface area (Å²) < 4.78 is 0. The Morgan fingerprint density at radius 1 is 1.04 bits per heavy atom. The first kappa shape index (κ1) is 31.7. The van der Waals surface area contributed by atoms with Gasteiger partial charge in [0.05, 0.1) is 18.0 Å². The highest BCUT2D eigenvalue weighted by Crippen LogP contribution is 2.47. The quantitative estimate of drug-likeness (QED) is 0.350. The molecule has 12 nitrogen and oxygen atoms in total. The average Bonchev–Trinajstić information content (AvgIpc) is 3.67. The molecule has 3 aromatic rings. The second-order valence-electron chi connectivity index (χ2n) is 12.4. The van der Waals surface area contributed by atoms with Gasteiger partial charge in [-0.15, -0.1) is 0 Å². The molecule has 45 heavy (non-hydrogen) atoms. The number of nitriles is 1. The van der Waals surface area contributed by atoms with E-state index in [4.69, 9.17) is 0 Å². The summed E-state index contributed by atoms with van der Waals surface area (Å²) in [5.41, 5.74) is 3.27. The van der Waals surface area contributed by atoms with Crippen molar-refractivity contribution in [2.75, 3.05) is 41.3 Å². The Morgan fingerprint density at radius 2 is 1.62 bits per heavy atom. The zero-order valence-corrected chi connectivity index (χ0v) is 26.4. The lowest BCUT2D eigenvalue weighted by Crippen LogP contribution is -2.45. The number of H-pyrrole nitrogens is 2. The predicted molar refractivity (Wildman–Crippen MR) is 168 cm³/mol. The molecule has 1 aromatic heterocycles. The van der Waals surface area contributed by atoms with Crippen LogP contribution in [0.15, 0.2) is 41.2 Å². The molecule has 0 spiro atoms. The van der Waals surface area contributed by atoms with Gasteiger partial charge in [-0.05, 0) is 85.5 Å². The topological polar surface area (TPSA) is 158 Å². The van der Waals surface area contributed by atoms with Crippen LogP contribution in [0, 0.1) is 11.3 Å². The van der Waals surface area contributed by atoms with Crippen molar-refractivity contribution in [2.24, 2.45) is 0 Å². The molecule has 0 saturated carbocycles. The lowest BCUT2D eigenvalue weighted by atomic mass is 9.67. The first-order valence-electron chi connectivity index (χ1n) is 15.2. The SMILES string of the molecule is C[C@@H](CC1(c2n[nH]c(=O)[nH]2)c2ccc(C(=O)N(C)C)cc2CCc2cc(C(=O)N(C)C)ccc21)NCC(=O)N1CCCC1C#N. The van der Waals surface area contributed by atoms with Crippen molar-refractivity contribution < 1.29 is 14.4 Å². The third kappa shape index (κ3) is 6.00. The van der Waals surface area contributed by atoms with Crippen LogP contribution < -0.4 is 11.0 Å². The molecule has 1 fully saturated rings. The van der Waals surface area contributed by atoms with E-state index in [0.29, 0.717) is 49.2 Å². The van der Waals surface area contributed by atoms with Crippen molar-refractivity contribution in [1.82, 2.24) is 35.2 Å². The van der Waals surface area contributed by atoms with Gasteiger partial charge < -0.3 is 20.0 Å². The molecule has 2 atom stereocenters. The number of rotatable bonds is 8. The average molecular weight is 613 g/mol. The van der Waals surface area contributed by atoms with Crippen molar-refractivity contribution in [3.05, 3.63) is 86.1 Å². The maximum atomic E-state index is 13.1. The molecule has 236 valence electrons. The summed E-state index contributed by atoms with van der Waals surface area (Å²) in [6, 6.07) is 12.8. The van der Waals surface area contributed by atoms with Crippen molar-refractivity contribution in [1.29, 1.82) is 5.26 Å². The second kappa shape index (κ2) is 12.7. The Bertz CT molecular complexity index is 1640. The minimum Gasteiger partial charge on any atom is -0.345 e. The predicted octanol–water partition coefficient (Wildman–Crippen LogP) is 1.82. The fourth-order valence-electron chi connectivity index (χ4n) is 6.77. The molecule has 2 aliphatic rings. The number of carbonyl (C=O) groups is 3. The fourth-order valence-corrected chi connectivity index (χ4v) is 6.77. The number of aromatic amines is 2. The monoisotopic (exact) mass is 612 g/mol. The first-order chi connectivity index (χ1) is 21.5. The number of benzene rings is 2. The molecule has 0 bridgehead atoms. The Labute approximate surface area is 262 Å². The van der Waals surface area contributed by atoms with Gasteiger partial charge in [0, 0.05) is 51.9 Å². The minimum absolute atomic E-state index is 0.0543. The van der Waals surface area contributed by atoms with Crippen molar-refractivity contribution >= 4 is 17.7 Å². The number of aromatic nitrogens is 3. The van der Waals surface area contributed by atoms with Crippen LogP contribution in [-0.2, 0) is 23.1 Å². The van der Waals surface area contributed by atoms with E-state index in [9.17, 15) is 24.4 Å². The Hall–Kier alpha value is -4.76. The van der Waals surface area contributed by atoms with Crippen LogP contribution in [0.3, 0.4) is 0 Å². The second-order valence-corrected chi connectivity index (χ2v) is 12.4. The van der Waals surface area contributed by atoms with Gasteiger partial charge in [-0.3, -0.25) is 19.4 Å². The highest BCUT2D eigenvalue weighted by atomic mass is 16.2. The van der Waals surface area contributed by atoms with E-state index in [1.54, 1.807) is 45.2 Å². The summed E-state index contributed by atoms with van der Waals surface area (Å²) >= 11 is 0. The highest BCUT2D eigenvalue weighted by molar-refractivity contribution is 5.95. The third-order valence-electron chi connectivity index (χ3n) is 8.94. The standard InChI is InChI=1S/C33H40N8O4/c1-20(35-19-28(42)41-14-6-7-25(41)18-34)17-33(31-36-32(45)38-37-31)26-12-10-23(29(43)39(2)3)15-21(26)8-9-22-16-24(11-13-27(22)33)30(44)40(4)5/h10-13,15-16,20,25,35H,6-9,14,17,19H2,1-5H3,(H2,36,37,38,45)/t20-,25?/m0/s1. The summed E-state index contributed by atoms with van der Waals surface area (Å²) in [4.78, 5) is 59.3. The number of amides is 3. The number of carbonyl (C=O) groups excluding carboxylic acids is 3. The summed E-state index contributed by atoms with van der Waals surface area (Å²) in [5, 5.41) is 19.9. The number of fused-ring (bicyclic) bond motifs is 2. The summed E-state index contributed by atoms with van der Waals surface area (Å²) in [6.07, 6.45) is 3.07. The first-order valence-corrected chi connectivity index (χ1v) is 15.2. The minimum atomic E-state index is -1.00. The van der Waals surface area contributed by atoms with Crippen molar-refractivity contribution in [3.8, 4) is 6.07 Å². The van der Waals surface area contributed by atoms with Gasteiger partial charge in [0.15, 0.2) is 0 Å². The van der Waals surface area contributed by atoms with E-state index < -0.39 is 17.1 Å². The molecule has 1 unspecified atom stereocenters. The summed E-state index contributed by atoms with van der Waals surface area (Å²) in [6.45, 7) is 2.59. The maximum Gasteiger partial charge on any atom is 0.340 e. The van der Waals surface area contributed by atoms with E-state index in [1.807, 2.05) is 31.2 Å². The molecule has 1 aliphatic carbocycles. The summed E-state index contributed by atoms with van der Waals surface area (Å²) in [5.74, 6) is 0.0273. The van der Waals surface area contributed by atoms with Gasteiger partial charge in [0.25, 0.3) is 11.8 Å². The Morgan fingerprint density at radius 3 is 2.11 bits per heavy atom. The molecule has 1 saturated heterocycles. The molecule has 1 aliphatic heterocycles. The molecular formula is C33H40N8O4. The van der Waals surface area contributed by atoms with Crippen LogP contribution in [-0.4, -0.2) is 101 Å². The van der Waals surface area contributed by atoms with Gasteiger partial charge in [-0.25, -0.2) is 9.89 Å². The smallest absolute Gasteiger partial charge is 0.340 e. The van der Waals surface area contributed by atoms with Crippen LogP contribution in [0.5, 0.6) is 0 Å². The van der Waals surface area contributed by atoms with Crippen LogP contribution in [0.2, 0.25) is 0 Å². The number of aryl methyl sites for hydroxylation is 2. The number of likely N-dealkylation sites (tertiary alicyclic amines) is 1. The Balaban J connectivity index is 1.63. The zero-order chi connectivity index (χ0) is 32.5. The molecule has 2 heterocycles. The number of hydrogen-bond acceptors (Lipinski definition) is 7. The van der Waals surface area contributed by atoms with Gasteiger partial charge in [-0.1, -0.05) is 12.1 Å². The van der Waals surface area contributed by atoms with E-state index in [2.05, 4.69) is 26.6 Å². The van der Waals surface area contributed by atoms with Gasteiger partial charge in [0.1, 0.15) is 11.9 Å². The van der Waals surface area contributed by atoms with Crippen molar-refractivity contribution in [3.63, 3.8) is 0 Å². The van der Waals surface area contributed by atoms with Gasteiger partial charge in [-0.2, -0.15) is 10.4 Å². The number of nitrogens with one attached hydrogen (secondary N) is 3. The van der Waals surface area contributed by atoms with Crippen LogP contribution >= 0.6 is 0 Å². The third-order valence-corrected chi connectivity index (χ3v) is 8.94. The van der Waals surface area contributed by atoms with Gasteiger partial charge >= 0.3 is 5.69 Å². The Kier molecular flexibility index (Phi) is 8.93.